The Morgan fingerprint density at radius 1 is 1.12 bits per heavy atom. The van der Waals surface area contributed by atoms with Crippen molar-refractivity contribution in [3.63, 3.8) is 0 Å². The van der Waals surface area contributed by atoms with Gasteiger partial charge in [-0.05, 0) is 18.0 Å². The number of para-hydroxylation sites is 1. The molecule has 0 atom stereocenters. The van der Waals surface area contributed by atoms with E-state index in [0.29, 0.717) is 65.2 Å². The van der Waals surface area contributed by atoms with E-state index in [4.69, 9.17) is 23.7 Å². The predicted molar refractivity (Wildman–Crippen MR) is 146 cm³/mol. The Labute approximate surface area is 235 Å². The number of hydrogen-bond acceptors (Lipinski definition) is 11. The number of pyridine rings is 1. The molecule has 4 aromatic rings. The molecule has 2 aromatic heterocycles. The summed E-state index contributed by atoms with van der Waals surface area (Å²) in [5.74, 6) is 0.600. The van der Waals surface area contributed by atoms with Crippen LogP contribution in [0.25, 0.3) is 22.4 Å². The monoisotopic (exact) mass is 558 g/mol. The van der Waals surface area contributed by atoms with Crippen LogP contribution in [0.4, 0.5) is 5.88 Å². The molecule has 12 heteroatoms. The molecule has 0 spiro atoms. The summed E-state index contributed by atoms with van der Waals surface area (Å²) in [6.45, 7) is 2.48. The minimum atomic E-state index is -0.452. The lowest BCUT2D eigenvalue weighted by molar-refractivity contribution is -0.759. The van der Waals surface area contributed by atoms with Gasteiger partial charge in [-0.15, -0.1) is 5.01 Å². The second-order valence-electron chi connectivity index (χ2n) is 8.58. The molecule has 2 aromatic carbocycles. The summed E-state index contributed by atoms with van der Waals surface area (Å²) in [4.78, 5) is 10.3. The van der Waals surface area contributed by atoms with E-state index in [1.54, 1.807) is 26.5 Å². The quantitative estimate of drug-likeness (QED) is 0.131. The lowest BCUT2D eigenvalue weighted by atomic mass is 9.98. The van der Waals surface area contributed by atoms with Gasteiger partial charge in [0.1, 0.15) is 11.1 Å². The first-order chi connectivity index (χ1) is 19.6. The van der Waals surface area contributed by atoms with E-state index in [1.807, 2.05) is 53.5 Å². The Hall–Kier alpha value is -4.60. The van der Waals surface area contributed by atoms with Crippen LogP contribution in [-0.2, 0) is 4.74 Å². The topological polar surface area (TPSA) is 133 Å². The van der Waals surface area contributed by atoms with Crippen molar-refractivity contribution in [2.24, 2.45) is 4.99 Å². The number of morpholine rings is 1. The van der Waals surface area contributed by atoms with Gasteiger partial charge in [0.15, 0.2) is 11.5 Å². The number of hydrogen-bond donors (Lipinski definition) is 0. The highest BCUT2D eigenvalue weighted by Gasteiger charge is 2.23. The maximum Gasteiger partial charge on any atom is 0.324 e. The third-order valence-electron chi connectivity index (χ3n) is 6.15. The van der Waals surface area contributed by atoms with E-state index in [0.717, 1.165) is 17.3 Å². The molecular formula is C28H26N6O5S. The van der Waals surface area contributed by atoms with Gasteiger partial charge >= 0.3 is 5.88 Å². The number of rotatable bonds is 9. The molecule has 0 aliphatic carbocycles. The van der Waals surface area contributed by atoms with E-state index in [2.05, 4.69) is 16.3 Å². The van der Waals surface area contributed by atoms with Crippen LogP contribution < -0.4 is 24.4 Å². The summed E-state index contributed by atoms with van der Waals surface area (Å²) < 4.78 is 21.7. The maximum absolute atomic E-state index is 12.8. The van der Waals surface area contributed by atoms with Crippen molar-refractivity contribution in [1.82, 2.24) is 10.3 Å². The molecule has 0 unspecified atom stereocenters. The number of aromatic nitrogens is 3. The first-order valence-electron chi connectivity index (χ1n) is 12.4. The summed E-state index contributed by atoms with van der Waals surface area (Å²) in [5, 5.41) is 29.3. The molecule has 11 nitrogen and oxygen atoms in total. The Bertz CT molecular complexity index is 1550. The molecule has 1 saturated heterocycles. The SMILES string of the molecule is COc1cccc(-c2cc(-c3ccccc3)nc(SC/C([O-])=N\c3c[n+](N4CCOCC4)no3)c2C#N)c1OC. The highest BCUT2D eigenvalue weighted by atomic mass is 32.2. The summed E-state index contributed by atoms with van der Waals surface area (Å²) in [5.41, 5.74) is 3.11. The molecule has 204 valence electrons. The van der Waals surface area contributed by atoms with Gasteiger partial charge in [-0.3, -0.25) is 4.52 Å². The number of methoxy groups -OCH3 is 2. The van der Waals surface area contributed by atoms with Crippen molar-refractivity contribution in [1.29, 1.82) is 5.26 Å². The van der Waals surface area contributed by atoms with Crippen LogP contribution in [0.2, 0.25) is 0 Å². The van der Waals surface area contributed by atoms with Crippen molar-refractivity contribution in [3.05, 3.63) is 66.4 Å². The average Bonchev–Trinajstić information content (AvgIpc) is 3.48. The minimum absolute atomic E-state index is 0.0626. The van der Waals surface area contributed by atoms with E-state index in [-0.39, 0.29) is 11.6 Å². The van der Waals surface area contributed by atoms with E-state index >= 15 is 0 Å². The van der Waals surface area contributed by atoms with E-state index in [1.165, 1.54) is 4.79 Å². The fraction of sp³-hybridized carbons (Fsp3) is 0.250. The van der Waals surface area contributed by atoms with Gasteiger partial charge < -0.3 is 19.3 Å². The molecule has 0 amide bonds. The summed E-state index contributed by atoms with van der Waals surface area (Å²) in [6.07, 6.45) is 1.55. The fourth-order valence-electron chi connectivity index (χ4n) is 4.26. The van der Waals surface area contributed by atoms with Crippen LogP contribution in [0.5, 0.6) is 11.5 Å². The van der Waals surface area contributed by atoms with Crippen LogP contribution in [0, 0.1) is 11.3 Å². The summed E-state index contributed by atoms with van der Waals surface area (Å²) in [6, 6.07) is 19.2. The summed E-state index contributed by atoms with van der Waals surface area (Å²) >= 11 is 1.13. The molecule has 0 radical (unpaired) electrons. The number of nitriles is 1. The second-order valence-corrected chi connectivity index (χ2v) is 9.54. The van der Waals surface area contributed by atoms with Gasteiger partial charge in [-0.1, -0.05) is 54.2 Å². The number of ether oxygens (including phenoxy) is 3. The maximum atomic E-state index is 12.8. The van der Waals surface area contributed by atoms with Crippen LogP contribution in [0.1, 0.15) is 5.56 Å². The zero-order chi connectivity index (χ0) is 27.9. The molecule has 0 saturated carbocycles. The van der Waals surface area contributed by atoms with Crippen molar-refractivity contribution < 1.29 is 28.6 Å². The van der Waals surface area contributed by atoms with Crippen LogP contribution in [0.15, 0.2) is 75.3 Å². The standard InChI is InChI=1S/C28H26N6O5S/c1-36-24-10-6-9-20(27(24)37-2)21-15-23(19-7-4-3-5-8-19)30-28(22(21)16-29)40-18-25(35)31-26-17-34(32-39-26)33-11-13-38-14-12-33/h3-10,15,17H,11-14,18H2,1-2H3. The van der Waals surface area contributed by atoms with E-state index in [9.17, 15) is 10.4 Å². The van der Waals surface area contributed by atoms with Crippen LogP contribution in [0.3, 0.4) is 0 Å². The zero-order valence-electron chi connectivity index (χ0n) is 21.9. The molecule has 0 bridgehead atoms. The van der Waals surface area contributed by atoms with Gasteiger partial charge in [0, 0.05) is 22.4 Å². The lowest BCUT2D eigenvalue weighted by Crippen LogP contribution is -2.62. The average molecular weight is 559 g/mol. The van der Waals surface area contributed by atoms with Gasteiger partial charge in [0.05, 0.1) is 56.6 Å². The van der Waals surface area contributed by atoms with E-state index < -0.39 is 5.90 Å². The Morgan fingerprint density at radius 3 is 2.65 bits per heavy atom. The molecule has 1 aliphatic heterocycles. The Morgan fingerprint density at radius 2 is 1.93 bits per heavy atom. The molecule has 5 rings (SSSR count). The first kappa shape index (κ1) is 27.0. The molecule has 0 N–H and O–H groups in total. The van der Waals surface area contributed by atoms with Crippen molar-refractivity contribution in [2.75, 3.05) is 51.3 Å². The Kier molecular flexibility index (Phi) is 8.44. The van der Waals surface area contributed by atoms with Crippen molar-refractivity contribution in [2.45, 2.75) is 5.03 Å². The molecule has 1 aliphatic rings. The molecule has 40 heavy (non-hydrogen) atoms. The summed E-state index contributed by atoms with van der Waals surface area (Å²) in [7, 11) is 3.11. The largest absolute Gasteiger partial charge is 0.861 e. The second kappa shape index (κ2) is 12.5. The van der Waals surface area contributed by atoms with Crippen molar-refractivity contribution in [3.8, 4) is 40.0 Å². The molecule has 3 heterocycles. The third kappa shape index (κ3) is 5.85. The predicted octanol–water partition coefficient (Wildman–Crippen LogP) is 2.73. The molecular weight excluding hydrogens is 532 g/mol. The smallest absolute Gasteiger partial charge is 0.324 e. The van der Waals surface area contributed by atoms with Gasteiger partial charge in [0.25, 0.3) is 6.20 Å². The first-order valence-corrected chi connectivity index (χ1v) is 13.4. The lowest BCUT2D eigenvalue weighted by Gasteiger charge is -2.18. The van der Waals surface area contributed by atoms with Gasteiger partial charge in [-0.2, -0.15) is 5.26 Å². The zero-order valence-corrected chi connectivity index (χ0v) is 22.8. The fourth-order valence-corrected chi connectivity index (χ4v) is 5.05. The number of benzene rings is 2. The van der Waals surface area contributed by atoms with Gasteiger partial charge in [-0.25, -0.2) is 9.98 Å². The number of thioether (sulfide) groups is 1. The highest BCUT2D eigenvalue weighted by molar-refractivity contribution is 8.00. The Balaban J connectivity index is 1.48. The third-order valence-corrected chi connectivity index (χ3v) is 7.11. The van der Waals surface area contributed by atoms with Gasteiger partial charge in [0.2, 0.25) is 5.27 Å². The highest BCUT2D eigenvalue weighted by Crippen LogP contribution is 2.42. The van der Waals surface area contributed by atoms with Crippen LogP contribution >= 0.6 is 11.8 Å². The van der Waals surface area contributed by atoms with Crippen molar-refractivity contribution >= 4 is 23.5 Å². The molecule has 1 fully saturated rings. The number of nitrogens with zero attached hydrogens (tertiary/aromatic N) is 6. The minimum Gasteiger partial charge on any atom is -0.861 e. The normalized spacial score (nSPS) is 13.6. The van der Waals surface area contributed by atoms with Crippen LogP contribution in [-0.4, -0.2) is 62.4 Å². The number of aliphatic imine (C=N–C) groups is 1.